The normalized spacial score (nSPS) is 50.4. The van der Waals surface area contributed by atoms with Crippen molar-refractivity contribution in [3.05, 3.63) is 10.1 Å². The Hall–Kier alpha value is 0.750. The summed E-state index contributed by atoms with van der Waals surface area (Å²) in [5.74, 6) is 0. The summed E-state index contributed by atoms with van der Waals surface area (Å²) in [7, 11) is 0. The molecule has 3 nitrogen and oxygen atoms in total. The lowest BCUT2D eigenvalue weighted by atomic mass is 10.0. The molecule has 2 fully saturated rings. The van der Waals surface area contributed by atoms with Crippen LogP contribution >= 0.6 is 69.6 Å². The van der Waals surface area contributed by atoms with E-state index >= 15 is 0 Å². The minimum absolute atomic E-state index is 0.0274. The van der Waals surface area contributed by atoms with Crippen LogP contribution < -0.4 is 0 Å². The van der Waals surface area contributed by atoms with Crippen LogP contribution in [0, 0.1) is 0 Å². The first-order valence-electron chi connectivity index (χ1n) is 4.38. The van der Waals surface area contributed by atoms with Gasteiger partial charge in [-0.05, 0) is 0 Å². The Bertz CT molecular complexity index is 438. The number of ether oxygens (including phenoxy) is 2. The van der Waals surface area contributed by atoms with Crippen LogP contribution in [0.1, 0.15) is 0 Å². The van der Waals surface area contributed by atoms with Crippen molar-refractivity contribution >= 4 is 75.8 Å². The third-order valence-electron chi connectivity index (χ3n) is 3.25. The van der Waals surface area contributed by atoms with Crippen molar-refractivity contribution in [2.75, 3.05) is 0 Å². The molecule has 1 heterocycles. The first kappa shape index (κ1) is 12.8. The first-order valence-corrected chi connectivity index (χ1v) is 6.65. The van der Waals surface area contributed by atoms with Gasteiger partial charge < -0.3 is 9.47 Å². The SMILES string of the molecule is O=C1O[C@H]2[C@H](O1)[C@]1(Cl)C(Cl)=C(Cl)[C@]2(Cl)C1(Cl)Cl. The number of hydrogen-bond donors (Lipinski definition) is 0. The van der Waals surface area contributed by atoms with E-state index in [0.717, 1.165) is 0 Å². The second-order valence-electron chi connectivity index (χ2n) is 3.95. The summed E-state index contributed by atoms with van der Waals surface area (Å²) < 4.78 is 8.09. The fourth-order valence-corrected chi connectivity index (χ4v) is 5.15. The van der Waals surface area contributed by atoms with Crippen molar-refractivity contribution in [1.29, 1.82) is 0 Å². The highest BCUT2D eigenvalue weighted by atomic mass is 35.5. The molecule has 2 bridgehead atoms. The minimum Gasteiger partial charge on any atom is -0.424 e. The van der Waals surface area contributed by atoms with E-state index in [-0.39, 0.29) is 10.1 Å². The lowest BCUT2D eigenvalue weighted by Crippen LogP contribution is -2.47. The molecule has 1 saturated carbocycles. The van der Waals surface area contributed by atoms with Crippen molar-refractivity contribution < 1.29 is 14.3 Å². The van der Waals surface area contributed by atoms with E-state index in [4.69, 9.17) is 79.1 Å². The molecule has 17 heavy (non-hydrogen) atoms. The maximum Gasteiger partial charge on any atom is 0.509 e. The van der Waals surface area contributed by atoms with E-state index in [9.17, 15) is 4.79 Å². The standard InChI is InChI=1S/C8H2Cl6O3/c9-1-2(10)7(12)4-3(16-5(15)17-4)6(1,11)8(7,13)14/h3-4H/t3-,4-,6+,7+/m0/s1. The number of rotatable bonds is 0. The molecule has 0 aromatic heterocycles. The van der Waals surface area contributed by atoms with Gasteiger partial charge in [-0.3, -0.25) is 0 Å². The fraction of sp³-hybridized carbons (Fsp3) is 0.625. The third kappa shape index (κ3) is 1.06. The van der Waals surface area contributed by atoms with Gasteiger partial charge in [0.15, 0.2) is 26.3 Å². The molecule has 9 heteroatoms. The van der Waals surface area contributed by atoms with E-state index in [1.165, 1.54) is 0 Å². The molecular formula is C8H2Cl6O3. The quantitative estimate of drug-likeness (QED) is 0.489. The number of alkyl halides is 4. The minimum atomic E-state index is -1.74. The molecular weight excluding hydrogens is 357 g/mol. The summed E-state index contributed by atoms with van der Waals surface area (Å²) in [6, 6.07) is 0. The predicted octanol–water partition coefficient (Wildman–Crippen LogP) is 3.74. The highest BCUT2D eigenvalue weighted by Gasteiger charge is 2.87. The van der Waals surface area contributed by atoms with Crippen LogP contribution in [0.4, 0.5) is 4.79 Å². The van der Waals surface area contributed by atoms with Crippen LogP contribution in [0.15, 0.2) is 10.1 Å². The Labute approximate surface area is 126 Å². The Morgan fingerprint density at radius 2 is 1.24 bits per heavy atom. The van der Waals surface area contributed by atoms with Crippen molar-refractivity contribution in [2.24, 2.45) is 0 Å². The zero-order valence-corrected chi connectivity index (χ0v) is 12.2. The van der Waals surface area contributed by atoms with Gasteiger partial charge in [-0.1, -0.05) is 46.4 Å². The van der Waals surface area contributed by atoms with E-state index in [2.05, 4.69) is 0 Å². The molecule has 2 aliphatic carbocycles. The summed E-state index contributed by atoms with van der Waals surface area (Å²) in [5.41, 5.74) is 0. The predicted molar refractivity (Wildman–Crippen MR) is 65.5 cm³/mol. The van der Waals surface area contributed by atoms with Crippen molar-refractivity contribution in [2.45, 2.75) is 26.3 Å². The van der Waals surface area contributed by atoms with E-state index in [1.54, 1.807) is 0 Å². The molecule has 4 atom stereocenters. The molecule has 3 rings (SSSR count). The molecule has 0 radical (unpaired) electrons. The van der Waals surface area contributed by atoms with Crippen molar-refractivity contribution in [3.8, 4) is 0 Å². The second-order valence-corrected chi connectivity index (χ2v) is 7.23. The molecule has 1 saturated heterocycles. The third-order valence-corrected chi connectivity index (χ3v) is 7.47. The molecule has 0 unspecified atom stereocenters. The van der Waals surface area contributed by atoms with Crippen LogP contribution in [0.25, 0.3) is 0 Å². The van der Waals surface area contributed by atoms with Crippen LogP contribution in [-0.2, 0) is 9.47 Å². The highest BCUT2D eigenvalue weighted by Crippen LogP contribution is 2.74. The summed E-state index contributed by atoms with van der Waals surface area (Å²) in [5, 5.41) is -0.0548. The summed E-state index contributed by atoms with van der Waals surface area (Å²) in [4.78, 5) is 7.92. The van der Waals surface area contributed by atoms with Crippen LogP contribution in [-0.4, -0.2) is 32.4 Å². The van der Waals surface area contributed by atoms with Crippen LogP contribution in [0.2, 0.25) is 0 Å². The number of fused-ring (bicyclic) bond motifs is 5. The zero-order chi connectivity index (χ0) is 12.8. The second kappa shape index (κ2) is 3.25. The molecule has 1 aliphatic heterocycles. The van der Waals surface area contributed by atoms with Gasteiger partial charge in [-0.15, -0.1) is 23.2 Å². The smallest absolute Gasteiger partial charge is 0.424 e. The van der Waals surface area contributed by atoms with Gasteiger partial charge in [-0.2, -0.15) is 0 Å². The van der Waals surface area contributed by atoms with Crippen molar-refractivity contribution in [3.63, 3.8) is 0 Å². The van der Waals surface area contributed by atoms with Gasteiger partial charge in [0.05, 0.1) is 10.1 Å². The molecule has 0 aromatic carbocycles. The number of carbonyl (C=O) groups is 1. The Morgan fingerprint density at radius 3 is 1.59 bits per heavy atom. The maximum absolute atomic E-state index is 11.1. The molecule has 0 amide bonds. The van der Waals surface area contributed by atoms with Gasteiger partial charge in [0.25, 0.3) is 0 Å². The van der Waals surface area contributed by atoms with E-state index in [0.29, 0.717) is 0 Å². The number of hydrogen-bond acceptors (Lipinski definition) is 3. The lowest BCUT2D eigenvalue weighted by molar-refractivity contribution is 0.104. The monoisotopic (exact) mass is 356 g/mol. The van der Waals surface area contributed by atoms with Gasteiger partial charge in [0, 0.05) is 0 Å². The Kier molecular flexibility index (Phi) is 2.44. The average Bonchev–Trinajstić information content (AvgIpc) is 2.72. The Balaban J connectivity index is 2.28. The highest BCUT2D eigenvalue weighted by molar-refractivity contribution is 6.66. The van der Waals surface area contributed by atoms with Crippen LogP contribution in [0.3, 0.4) is 0 Å². The maximum atomic E-state index is 11.1. The summed E-state index contributed by atoms with van der Waals surface area (Å²) in [6.07, 6.45) is -2.85. The van der Waals surface area contributed by atoms with E-state index in [1.807, 2.05) is 0 Å². The number of halogens is 6. The fourth-order valence-electron chi connectivity index (χ4n) is 2.41. The van der Waals surface area contributed by atoms with Gasteiger partial charge in [0.1, 0.15) is 0 Å². The molecule has 94 valence electrons. The first-order chi connectivity index (χ1) is 7.69. The topological polar surface area (TPSA) is 35.5 Å². The largest absolute Gasteiger partial charge is 0.509 e. The molecule has 3 aliphatic rings. The Morgan fingerprint density at radius 1 is 0.882 bits per heavy atom. The van der Waals surface area contributed by atoms with Gasteiger partial charge in [-0.25, -0.2) is 4.79 Å². The number of carbonyl (C=O) groups excluding carboxylic acids is 1. The average molecular weight is 359 g/mol. The van der Waals surface area contributed by atoms with E-state index < -0.39 is 32.4 Å². The van der Waals surface area contributed by atoms with Gasteiger partial charge >= 0.3 is 6.16 Å². The molecule has 0 aromatic rings. The van der Waals surface area contributed by atoms with Crippen LogP contribution in [0.5, 0.6) is 0 Å². The van der Waals surface area contributed by atoms with Crippen molar-refractivity contribution in [1.82, 2.24) is 0 Å². The summed E-state index contributed by atoms with van der Waals surface area (Å²) >= 11 is 37.0. The molecule has 0 spiro atoms. The summed E-state index contributed by atoms with van der Waals surface area (Å²) in [6.45, 7) is 0. The molecule has 0 N–H and O–H groups in total. The van der Waals surface area contributed by atoms with Gasteiger partial charge in [0.2, 0.25) is 0 Å². The lowest BCUT2D eigenvalue weighted by Gasteiger charge is -2.32. The zero-order valence-electron chi connectivity index (χ0n) is 7.65.